The molecular weight excluding hydrogens is 379 g/mol. The highest BCUT2D eigenvalue weighted by molar-refractivity contribution is 6.42. The minimum Gasteiger partial charge on any atom is -0.307 e. The van der Waals surface area contributed by atoms with Crippen molar-refractivity contribution in [3.05, 3.63) is 86.0 Å². The molecule has 0 unspecified atom stereocenters. The molecule has 0 bridgehead atoms. The van der Waals surface area contributed by atoms with Gasteiger partial charge in [0.2, 0.25) is 0 Å². The Hall–Kier alpha value is -2.90. The number of carbonyl (C=O) groups excluding carboxylic acids is 1. The third-order valence-electron chi connectivity index (χ3n) is 3.66. The molecule has 0 saturated heterocycles. The number of carbonyl (C=O) groups is 1. The summed E-state index contributed by atoms with van der Waals surface area (Å²) in [6.07, 6.45) is 1.51. The highest BCUT2D eigenvalue weighted by Crippen LogP contribution is 2.27. The van der Waals surface area contributed by atoms with Crippen molar-refractivity contribution in [2.24, 2.45) is 0 Å². The summed E-state index contributed by atoms with van der Waals surface area (Å²) in [6, 6.07) is 12.5. The molecule has 26 heavy (non-hydrogen) atoms. The van der Waals surface area contributed by atoms with Crippen LogP contribution in [0, 0.1) is 10.1 Å². The van der Waals surface area contributed by atoms with E-state index in [0.29, 0.717) is 15.9 Å². The van der Waals surface area contributed by atoms with Gasteiger partial charge in [-0.25, -0.2) is 4.68 Å². The van der Waals surface area contributed by atoms with Gasteiger partial charge in [0.1, 0.15) is 11.4 Å². The van der Waals surface area contributed by atoms with E-state index in [9.17, 15) is 14.9 Å². The maximum atomic E-state index is 12.5. The zero-order chi connectivity index (χ0) is 18.7. The van der Waals surface area contributed by atoms with Crippen molar-refractivity contribution in [2.45, 2.75) is 6.54 Å². The van der Waals surface area contributed by atoms with E-state index in [2.05, 4.69) is 10.4 Å². The predicted molar refractivity (Wildman–Crippen MR) is 98.8 cm³/mol. The SMILES string of the molecule is O=C(Nc1ccnn1Cc1cccc(Cl)c1Cl)c1ccccc1[N+](=O)[O-]. The molecule has 1 N–H and O–H groups in total. The molecule has 3 aromatic rings. The third kappa shape index (κ3) is 3.68. The number of para-hydroxylation sites is 1. The first kappa shape index (κ1) is 17.9. The number of hydrogen-bond acceptors (Lipinski definition) is 4. The Balaban J connectivity index is 1.85. The maximum absolute atomic E-state index is 12.5. The molecular formula is C17H12Cl2N4O3. The van der Waals surface area contributed by atoms with Crippen molar-refractivity contribution in [2.75, 3.05) is 5.32 Å². The van der Waals surface area contributed by atoms with Gasteiger partial charge in [0.15, 0.2) is 0 Å². The molecule has 0 radical (unpaired) electrons. The minimum atomic E-state index is -0.601. The second-order valence-electron chi connectivity index (χ2n) is 5.32. The van der Waals surface area contributed by atoms with E-state index in [1.165, 1.54) is 29.1 Å². The summed E-state index contributed by atoms with van der Waals surface area (Å²) in [5, 5.41) is 18.7. The van der Waals surface area contributed by atoms with Crippen LogP contribution in [0.3, 0.4) is 0 Å². The normalized spacial score (nSPS) is 10.5. The second-order valence-corrected chi connectivity index (χ2v) is 6.10. The number of anilines is 1. The summed E-state index contributed by atoms with van der Waals surface area (Å²) < 4.78 is 1.52. The predicted octanol–water partition coefficient (Wildman–Crippen LogP) is 4.40. The first-order chi connectivity index (χ1) is 12.5. The van der Waals surface area contributed by atoms with E-state index in [-0.39, 0.29) is 17.8 Å². The fourth-order valence-corrected chi connectivity index (χ4v) is 2.79. The summed E-state index contributed by atoms with van der Waals surface area (Å²) in [5.41, 5.74) is 0.420. The molecule has 0 aliphatic heterocycles. The monoisotopic (exact) mass is 390 g/mol. The lowest BCUT2D eigenvalue weighted by molar-refractivity contribution is -0.385. The van der Waals surface area contributed by atoms with E-state index >= 15 is 0 Å². The van der Waals surface area contributed by atoms with Crippen LogP contribution in [0.4, 0.5) is 11.5 Å². The molecule has 1 aromatic heterocycles. The first-order valence-corrected chi connectivity index (χ1v) is 8.22. The molecule has 1 amide bonds. The quantitative estimate of drug-likeness (QED) is 0.516. The number of aromatic nitrogens is 2. The van der Waals surface area contributed by atoms with Gasteiger partial charge in [-0.1, -0.05) is 47.5 Å². The van der Waals surface area contributed by atoms with E-state index in [4.69, 9.17) is 23.2 Å². The zero-order valence-corrected chi connectivity index (χ0v) is 14.7. The third-order valence-corrected chi connectivity index (χ3v) is 4.51. The van der Waals surface area contributed by atoms with E-state index in [1.54, 1.807) is 30.3 Å². The number of hydrogen-bond donors (Lipinski definition) is 1. The number of nitrogens with one attached hydrogen (secondary N) is 1. The van der Waals surface area contributed by atoms with Gasteiger partial charge in [0, 0.05) is 12.1 Å². The Morgan fingerprint density at radius 1 is 1.15 bits per heavy atom. The van der Waals surface area contributed by atoms with Crippen LogP contribution in [-0.4, -0.2) is 20.6 Å². The van der Waals surface area contributed by atoms with Crippen molar-refractivity contribution < 1.29 is 9.72 Å². The van der Waals surface area contributed by atoms with E-state index in [0.717, 1.165) is 5.56 Å². The summed E-state index contributed by atoms with van der Waals surface area (Å²) in [7, 11) is 0. The molecule has 2 aromatic carbocycles. The Morgan fingerprint density at radius 2 is 1.92 bits per heavy atom. The van der Waals surface area contributed by atoms with Crippen LogP contribution in [0.25, 0.3) is 0 Å². The molecule has 0 aliphatic rings. The lowest BCUT2D eigenvalue weighted by Gasteiger charge is -2.11. The highest BCUT2D eigenvalue weighted by atomic mass is 35.5. The van der Waals surface area contributed by atoms with Crippen LogP contribution in [0.1, 0.15) is 15.9 Å². The van der Waals surface area contributed by atoms with Crippen LogP contribution in [0.5, 0.6) is 0 Å². The molecule has 7 nitrogen and oxygen atoms in total. The van der Waals surface area contributed by atoms with Gasteiger partial charge in [-0.3, -0.25) is 14.9 Å². The van der Waals surface area contributed by atoms with Gasteiger partial charge in [-0.15, -0.1) is 0 Å². The summed E-state index contributed by atoms with van der Waals surface area (Å²) in [6.45, 7) is 0.277. The Bertz CT molecular complexity index is 988. The smallest absolute Gasteiger partial charge is 0.282 e. The molecule has 1 heterocycles. The summed E-state index contributed by atoms with van der Waals surface area (Å²) in [4.78, 5) is 22.9. The van der Waals surface area contributed by atoms with E-state index < -0.39 is 10.8 Å². The number of nitrogens with zero attached hydrogens (tertiary/aromatic N) is 3. The van der Waals surface area contributed by atoms with Crippen molar-refractivity contribution in [1.29, 1.82) is 0 Å². The van der Waals surface area contributed by atoms with Crippen LogP contribution in [0.15, 0.2) is 54.7 Å². The average Bonchev–Trinajstić information content (AvgIpc) is 3.05. The van der Waals surface area contributed by atoms with Crippen LogP contribution in [-0.2, 0) is 6.54 Å². The number of amides is 1. The molecule has 3 rings (SSSR count). The average molecular weight is 391 g/mol. The Morgan fingerprint density at radius 3 is 2.69 bits per heavy atom. The van der Waals surface area contributed by atoms with Crippen LogP contribution >= 0.6 is 23.2 Å². The number of nitro benzene ring substituents is 1. The first-order valence-electron chi connectivity index (χ1n) is 7.47. The summed E-state index contributed by atoms with van der Waals surface area (Å²) in [5.74, 6) is -0.222. The van der Waals surface area contributed by atoms with Crippen LogP contribution in [0.2, 0.25) is 10.0 Å². The largest absolute Gasteiger partial charge is 0.307 e. The zero-order valence-electron chi connectivity index (χ0n) is 13.2. The Labute approximate surface area is 158 Å². The minimum absolute atomic E-state index is 0.0361. The lowest BCUT2D eigenvalue weighted by atomic mass is 10.1. The van der Waals surface area contributed by atoms with Gasteiger partial charge in [0.25, 0.3) is 11.6 Å². The molecule has 0 atom stereocenters. The number of nitro groups is 1. The molecule has 0 aliphatic carbocycles. The van der Waals surface area contributed by atoms with Crippen molar-refractivity contribution in [3.63, 3.8) is 0 Å². The number of benzene rings is 2. The van der Waals surface area contributed by atoms with Crippen molar-refractivity contribution >= 4 is 40.6 Å². The Kier molecular flexibility index (Phi) is 5.20. The van der Waals surface area contributed by atoms with Gasteiger partial charge in [-0.2, -0.15) is 5.10 Å². The highest BCUT2D eigenvalue weighted by Gasteiger charge is 2.20. The van der Waals surface area contributed by atoms with E-state index in [1.807, 2.05) is 0 Å². The fraction of sp³-hybridized carbons (Fsp3) is 0.0588. The summed E-state index contributed by atoms with van der Waals surface area (Å²) >= 11 is 12.2. The van der Waals surface area contributed by atoms with Crippen molar-refractivity contribution in [3.8, 4) is 0 Å². The topological polar surface area (TPSA) is 90.1 Å². The molecule has 132 valence electrons. The van der Waals surface area contributed by atoms with Crippen LogP contribution < -0.4 is 5.32 Å². The van der Waals surface area contributed by atoms with Crippen molar-refractivity contribution in [1.82, 2.24) is 9.78 Å². The standard InChI is InChI=1S/C17H12Cl2N4O3/c18-13-6-3-4-11(16(13)19)10-22-15(8-9-20-22)21-17(24)12-5-1-2-7-14(12)23(25)26/h1-9H,10H2,(H,21,24). The molecule has 0 saturated carbocycles. The number of halogens is 2. The lowest BCUT2D eigenvalue weighted by Crippen LogP contribution is -2.17. The van der Waals surface area contributed by atoms with Gasteiger partial charge in [0.05, 0.1) is 27.7 Å². The molecule has 0 spiro atoms. The molecule has 0 fully saturated rings. The number of rotatable bonds is 5. The maximum Gasteiger partial charge on any atom is 0.282 e. The molecule has 9 heteroatoms. The fourth-order valence-electron chi connectivity index (χ4n) is 2.41. The van der Waals surface area contributed by atoms with Gasteiger partial charge >= 0.3 is 0 Å². The van der Waals surface area contributed by atoms with Gasteiger partial charge in [-0.05, 0) is 17.7 Å². The second kappa shape index (κ2) is 7.55. The van der Waals surface area contributed by atoms with Gasteiger partial charge < -0.3 is 5.32 Å².